The molecule has 0 spiro atoms. The van der Waals surface area contributed by atoms with Gasteiger partial charge in [-0.25, -0.2) is 9.13 Å². The van der Waals surface area contributed by atoms with E-state index in [2.05, 4.69) is 18.4 Å². The molecule has 5 nitrogen and oxygen atoms in total. The van der Waals surface area contributed by atoms with Crippen LogP contribution in [0.2, 0.25) is 0 Å². The fourth-order valence-corrected chi connectivity index (χ4v) is 1.94. The lowest BCUT2D eigenvalue weighted by atomic mass is 10.3. The third-order valence-electron chi connectivity index (χ3n) is 2.63. The Morgan fingerprint density at radius 3 is 2.75 bits per heavy atom. The number of hydrogen-bond donors (Lipinski definition) is 1. The van der Waals surface area contributed by atoms with Crippen molar-refractivity contribution in [2.75, 3.05) is 5.75 Å². The number of hydrogen-bond acceptors (Lipinski definition) is 2. The maximum atomic E-state index is 10.5. The van der Waals surface area contributed by atoms with Crippen molar-refractivity contribution in [2.45, 2.75) is 39.3 Å². The molecular weight excluding hydrogens is 228 g/mol. The molecule has 1 aromatic heterocycles. The third-order valence-corrected chi connectivity index (χ3v) is 3.43. The van der Waals surface area contributed by atoms with Crippen LogP contribution in [-0.4, -0.2) is 23.3 Å². The van der Waals surface area contributed by atoms with Gasteiger partial charge in [0, 0.05) is 6.42 Å². The molecule has 0 bridgehead atoms. The summed E-state index contributed by atoms with van der Waals surface area (Å²) in [6.07, 6.45) is 7.32. The van der Waals surface area contributed by atoms with Crippen LogP contribution < -0.4 is 4.57 Å². The maximum Gasteiger partial charge on any atom is 0.265 e. The van der Waals surface area contributed by atoms with Crippen LogP contribution in [-0.2, 0) is 16.7 Å². The van der Waals surface area contributed by atoms with Gasteiger partial charge in [0.05, 0.1) is 18.3 Å². The predicted octanol–water partition coefficient (Wildman–Crippen LogP) is 1.02. The molecule has 0 aromatic carbocycles. The van der Waals surface area contributed by atoms with Gasteiger partial charge in [-0.05, 0) is 13.3 Å². The van der Waals surface area contributed by atoms with Gasteiger partial charge in [0.2, 0.25) is 6.33 Å². The summed E-state index contributed by atoms with van der Waals surface area (Å²) < 4.78 is 33.6. The molecule has 1 aromatic rings. The molecule has 1 N–H and O–H groups in total. The van der Waals surface area contributed by atoms with Crippen molar-refractivity contribution in [2.24, 2.45) is 0 Å². The van der Waals surface area contributed by atoms with Gasteiger partial charge >= 0.3 is 0 Å². The highest BCUT2D eigenvalue weighted by atomic mass is 32.2. The van der Waals surface area contributed by atoms with E-state index in [4.69, 9.17) is 4.55 Å². The van der Waals surface area contributed by atoms with E-state index < -0.39 is 10.1 Å². The van der Waals surface area contributed by atoms with Crippen LogP contribution in [0.25, 0.3) is 0 Å². The van der Waals surface area contributed by atoms with Crippen LogP contribution in [0.3, 0.4) is 0 Å². The standard InChI is InChI=1S/C10H18N2O3S/c1-3-10(2)12-7-6-11(9-12)5-4-8-16(13,14)15/h6-7,9-10H,3-5,8H2,1-2H3/p+1. The van der Waals surface area contributed by atoms with E-state index in [1.165, 1.54) is 0 Å². The van der Waals surface area contributed by atoms with Crippen LogP contribution in [0.15, 0.2) is 18.7 Å². The van der Waals surface area contributed by atoms with Gasteiger partial charge in [0.1, 0.15) is 12.4 Å². The summed E-state index contributed by atoms with van der Waals surface area (Å²) in [5.74, 6) is -0.186. The van der Waals surface area contributed by atoms with Crippen molar-refractivity contribution in [3.63, 3.8) is 0 Å². The second kappa shape index (κ2) is 5.45. The maximum absolute atomic E-state index is 10.5. The van der Waals surface area contributed by atoms with E-state index in [9.17, 15) is 8.42 Å². The highest BCUT2D eigenvalue weighted by Crippen LogP contribution is 2.07. The van der Waals surface area contributed by atoms with Gasteiger partial charge in [0.15, 0.2) is 0 Å². The van der Waals surface area contributed by atoms with Gasteiger partial charge in [-0.1, -0.05) is 6.92 Å². The van der Waals surface area contributed by atoms with E-state index in [0.29, 0.717) is 19.0 Å². The molecule has 92 valence electrons. The quantitative estimate of drug-likeness (QED) is 0.603. The summed E-state index contributed by atoms with van der Waals surface area (Å²) in [5.41, 5.74) is 0. The summed E-state index contributed by atoms with van der Waals surface area (Å²) in [7, 11) is -3.83. The lowest BCUT2D eigenvalue weighted by Gasteiger charge is -2.02. The zero-order chi connectivity index (χ0) is 12.2. The molecular formula is C10H19N2O3S+. The first-order valence-corrected chi connectivity index (χ1v) is 7.05. The second-order valence-electron chi connectivity index (χ2n) is 4.00. The Morgan fingerprint density at radius 2 is 2.19 bits per heavy atom. The van der Waals surface area contributed by atoms with E-state index in [-0.39, 0.29) is 5.75 Å². The van der Waals surface area contributed by atoms with Crippen molar-refractivity contribution < 1.29 is 17.5 Å². The molecule has 1 unspecified atom stereocenters. The number of rotatable bonds is 6. The molecule has 0 fully saturated rings. The Kier molecular flexibility index (Phi) is 4.49. The van der Waals surface area contributed by atoms with Crippen LogP contribution in [0.1, 0.15) is 32.7 Å². The summed E-state index contributed by atoms with van der Waals surface area (Å²) >= 11 is 0. The topological polar surface area (TPSA) is 63.2 Å². The van der Waals surface area contributed by atoms with Crippen molar-refractivity contribution in [1.82, 2.24) is 4.57 Å². The first-order valence-electron chi connectivity index (χ1n) is 5.44. The molecule has 6 heteroatoms. The van der Waals surface area contributed by atoms with Gasteiger partial charge in [-0.3, -0.25) is 4.55 Å². The Hall–Kier alpha value is -0.880. The van der Waals surface area contributed by atoms with Crippen LogP contribution in [0.5, 0.6) is 0 Å². The van der Waals surface area contributed by atoms with Crippen molar-refractivity contribution in [3.8, 4) is 0 Å². The fourth-order valence-electron chi connectivity index (χ4n) is 1.44. The van der Waals surface area contributed by atoms with E-state index >= 15 is 0 Å². The Bertz CT molecular complexity index is 425. The van der Waals surface area contributed by atoms with Gasteiger partial charge < -0.3 is 0 Å². The summed E-state index contributed by atoms with van der Waals surface area (Å²) in [4.78, 5) is 0. The van der Waals surface area contributed by atoms with E-state index in [1.807, 2.05) is 23.3 Å². The normalized spacial score (nSPS) is 13.9. The number of nitrogens with zero attached hydrogens (tertiary/aromatic N) is 2. The molecule has 16 heavy (non-hydrogen) atoms. The molecule has 0 saturated heterocycles. The highest BCUT2D eigenvalue weighted by molar-refractivity contribution is 7.85. The number of aromatic nitrogens is 2. The monoisotopic (exact) mass is 247 g/mol. The van der Waals surface area contributed by atoms with E-state index in [0.717, 1.165) is 6.42 Å². The van der Waals surface area contributed by atoms with Crippen molar-refractivity contribution >= 4 is 10.1 Å². The average Bonchev–Trinajstić information content (AvgIpc) is 2.63. The number of imidazole rings is 1. The van der Waals surface area contributed by atoms with Gasteiger partial charge in [-0.15, -0.1) is 0 Å². The minimum atomic E-state index is -3.83. The SMILES string of the molecule is CCC(C)n1cc[n+](CCCS(=O)(=O)O)c1. The average molecular weight is 247 g/mol. The first-order chi connectivity index (χ1) is 7.42. The lowest BCUT2D eigenvalue weighted by Crippen LogP contribution is -2.32. The zero-order valence-electron chi connectivity index (χ0n) is 9.70. The largest absolute Gasteiger partial charge is 0.286 e. The van der Waals surface area contributed by atoms with Crippen LogP contribution >= 0.6 is 0 Å². The molecule has 0 aliphatic rings. The molecule has 1 heterocycles. The smallest absolute Gasteiger partial charge is 0.265 e. The molecule has 0 radical (unpaired) electrons. The van der Waals surface area contributed by atoms with Crippen LogP contribution in [0, 0.1) is 0 Å². The first kappa shape index (κ1) is 13.2. The Balaban J connectivity index is 2.47. The minimum absolute atomic E-state index is 0.186. The summed E-state index contributed by atoms with van der Waals surface area (Å²) in [6, 6.07) is 0.447. The van der Waals surface area contributed by atoms with Crippen LogP contribution in [0.4, 0.5) is 0 Å². The minimum Gasteiger partial charge on any atom is -0.286 e. The summed E-state index contributed by atoms with van der Waals surface area (Å²) in [5, 5.41) is 0. The lowest BCUT2D eigenvalue weighted by molar-refractivity contribution is -0.696. The Labute approximate surface area is 96.5 Å². The molecule has 0 amide bonds. The molecule has 1 atom stereocenters. The third kappa shape index (κ3) is 4.32. The molecule has 1 rings (SSSR count). The number of aryl methyl sites for hydroxylation is 1. The van der Waals surface area contributed by atoms with Gasteiger partial charge in [0.25, 0.3) is 10.1 Å². The van der Waals surface area contributed by atoms with Crippen molar-refractivity contribution in [1.29, 1.82) is 0 Å². The van der Waals surface area contributed by atoms with Gasteiger partial charge in [-0.2, -0.15) is 8.42 Å². The molecule has 0 aliphatic carbocycles. The Morgan fingerprint density at radius 1 is 1.50 bits per heavy atom. The molecule has 0 saturated carbocycles. The fraction of sp³-hybridized carbons (Fsp3) is 0.700. The van der Waals surface area contributed by atoms with E-state index in [1.54, 1.807) is 0 Å². The summed E-state index contributed by atoms with van der Waals surface area (Å²) in [6.45, 7) is 4.85. The zero-order valence-corrected chi connectivity index (χ0v) is 10.5. The van der Waals surface area contributed by atoms with Crippen molar-refractivity contribution in [3.05, 3.63) is 18.7 Å². The predicted molar refractivity (Wildman–Crippen MR) is 60.7 cm³/mol. The second-order valence-corrected chi connectivity index (χ2v) is 5.57. The molecule has 0 aliphatic heterocycles. The highest BCUT2D eigenvalue weighted by Gasteiger charge is 2.10.